The maximum Gasteiger partial charge on any atom is 0.331 e. The Morgan fingerprint density at radius 3 is 2.41 bits per heavy atom. The number of carbonyl (C=O) groups is 2. The summed E-state index contributed by atoms with van der Waals surface area (Å²) in [6, 6.07) is 0. The Kier molecular flexibility index (Phi) is 9.96. The molecule has 0 aromatic carbocycles. The van der Waals surface area contributed by atoms with E-state index >= 15 is 0 Å². The number of alkyl halides is 1. The van der Waals surface area contributed by atoms with Crippen LogP contribution in [0.25, 0.3) is 0 Å². The molecule has 0 spiro atoms. The molecule has 1 aliphatic rings. The molecule has 1 aliphatic carbocycles. The van der Waals surface area contributed by atoms with E-state index in [0.29, 0.717) is 13.2 Å². The van der Waals surface area contributed by atoms with E-state index in [2.05, 4.69) is 6.92 Å². The van der Waals surface area contributed by atoms with E-state index in [0.717, 1.165) is 63.5 Å². The summed E-state index contributed by atoms with van der Waals surface area (Å²) in [6.45, 7) is 2.84. The van der Waals surface area contributed by atoms with Gasteiger partial charge in [0.1, 0.15) is 0 Å². The molecular formula is C17H27ClO4. The number of hydrogen-bond donors (Lipinski definition) is 0. The number of carbonyl (C=O) groups excluding carboxylic acids is 2. The molecule has 1 saturated carbocycles. The van der Waals surface area contributed by atoms with E-state index < -0.39 is 11.9 Å². The molecule has 0 aromatic rings. The summed E-state index contributed by atoms with van der Waals surface area (Å²) in [5.74, 6) is -0.794. The molecule has 0 aliphatic heterocycles. The molecule has 0 heterocycles. The third kappa shape index (κ3) is 8.42. The van der Waals surface area contributed by atoms with Crippen molar-refractivity contribution in [2.45, 2.75) is 63.7 Å². The first-order valence-corrected chi connectivity index (χ1v) is 8.72. The zero-order valence-corrected chi connectivity index (χ0v) is 14.1. The average Bonchev–Trinajstić information content (AvgIpc) is 2.52. The molecule has 126 valence electrons. The lowest BCUT2D eigenvalue weighted by Crippen LogP contribution is -2.25. The highest BCUT2D eigenvalue weighted by atomic mass is 35.5. The molecule has 4 nitrogen and oxygen atoms in total. The highest BCUT2D eigenvalue weighted by molar-refractivity contribution is 6.20. The lowest BCUT2D eigenvalue weighted by atomic mass is 9.89. The Morgan fingerprint density at radius 2 is 1.73 bits per heavy atom. The van der Waals surface area contributed by atoms with Crippen molar-refractivity contribution in [3.05, 3.63) is 12.2 Å². The lowest BCUT2D eigenvalue weighted by Gasteiger charge is -2.26. The van der Waals surface area contributed by atoms with Gasteiger partial charge >= 0.3 is 11.9 Å². The van der Waals surface area contributed by atoms with E-state index in [4.69, 9.17) is 21.1 Å². The summed E-state index contributed by atoms with van der Waals surface area (Å²) in [4.78, 5) is 23.0. The third-order valence-electron chi connectivity index (χ3n) is 3.85. The molecule has 0 radical (unpaired) electrons. The first-order valence-electron chi connectivity index (χ1n) is 8.29. The summed E-state index contributed by atoms with van der Waals surface area (Å²) >= 11 is 6.20. The van der Waals surface area contributed by atoms with Gasteiger partial charge in [-0.3, -0.25) is 0 Å². The van der Waals surface area contributed by atoms with E-state index in [1.165, 1.54) is 0 Å². The van der Waals surface area contributed by atoms with Gasteiger partial charge in [0.15, 0.2) is 0 Å². The van der Waals surface area contributed by atoms with Crippen LogP contribution in [0.3, 0.4) is 0 Å². The molecule has 0 amide bonds. The minimum absolute atomic E-state index is 0.0821. The molecule has 2 unspecified atom stereocenters. The van der Waals surface area contributed by atoms with Crippen molar-refractivity contribution in [3.63, 3.8) is 0 Å². The van der Waals surface area contributed by atoms with E-state index in [1.807, 2.05) is 0 Å². The molecule has 2 atom stereocenters. The van der Waals surface area contributed by atoms with Crippen LogP contribution in [0.2, 0.25) is 0 Å². The van der Waals surface area contributed by atoms with E-state index in [-0.39, 0.29) is 11.3 Å². The summed E-state index contributed by atoms with van der Waals surface area (Å²) in [5.41, 5.74) is 0. The van der Waals surface area contributed by atoms with Crippen molar-refractivity contribution >= 4 is 23.5 Å². The molecule has 0 aromatic heterocycles. The second-order valence-corrected chi connectivity index (χ2v) is 6.31. The van der Waals surface area contributed by atoms with E-state index in [1.54, 1.807) is 0 Å². The topological polar surface area (TPSA) is 52.6 Å². The first kappa shape index (κ1) is 19.0. The summed E-state index contributed by atoms with van der Waals surface area (Å²) in [6.07, 6.45) is 10.7. The van der Waals surface area contributed by atoms with Crippen LogP contribution in [0.4, 0.5) is 0 Å². The van der Waals surface area contributed by atoms with Crippen LogP contribution in [0, 0.1) is 5.92 Å². The minimum atomic E-state index is -0.516. The predicted molar refractivity (Wildman–Crippen MR) is 86.8 cm³/mol. The number of rotatable bonds is 9. The van der Waals surface area contributed by atoms with Crippen molar-refractivity contribution in [2.24, 2.45) is 5.92 Å². The lowest BCUT2D eigenvalue weighted by molar-refractivity contribution is -0.141. The second-order valence-electron chi connectivity index (χ2n) is 5.75. The molecular weight excluding hydrogens is 304 g/mol. The van der Waals surface area contributed by atoms with Crippen LogP contribution >= 0.6 is 11.6 Å². The molecule has 0 bridgehead atoms. The van der Waals surface area contributed by atoms with Crippen LogP contribution in [0.5, 0.6) is 0 Å². The monoisotopic (exact) mass is 330 g/mol. The van der Waals surface area contributed by atoms with Crippen LogP contribution in [-0.4, -0.2) is 30.5 Å². The van der Waals surface area contributed by atoms with Crippen molar-refractivity contribution in [1.82, 2.24) is 0 Å². The Hall–Kier alpha value is -1.03. The average molecular weight is 331 g/mol. The van der Waals surface area contributed by atoms with Crippen molar-refractivity contribution < 1.29 is 19.1 Å². The van der Waals surface area contributed by atoms with Gasteiger partial charge in [-0.2, -0.15) is 0 Å². The van der Waals surface area contributed by atoms with Gasteiger partial charge < -0.3 is 9.47 Å². The first-order chi connectivity index (χ1) is 10.6. The number of hydrogen-bond acceptors (Lipinski definition) is 4. The quantitative estimate of drug-likeness (QED) is 0.277. The highest BCUT2D eigenvalue weighted by Crippen LogP contribution is 2.28. The van der Waals surface area contributed by atoms with Crippen molar-refractivity contribution in [3.8, 4) is 0 Å². The summed E-state index contributed by atoms with van der Waals surface area (Å²) in [7, 11) is 0. The summed E-state index contributed by atoms with van der Waals surface area (Å²) in [5, 5.41) is 0.0821. The van der Waals surface area contributed by atoms with Gasteiger partial charge in [-0.25, -0.2) is 9.59 Å². The molecule has 22 heavy (non-hydrogen) atoms. The number of esters is 2. The standard InChI is InChI=1S/C17H27ClO4/c1-2-3-4-7-12-21-16(19)10-11-17(20)22-13-14-8-5-6-9-15(14)18/h10-11,14-15H,2-9,12-13H2,1H3/b11-10+. The van der Waals surface area contributed by atoms with Gasteiger partial charge in [0.25, 0.3) is 0 Å². The zero-order chi connectivity index (χ0) is 16.2. The third-order valence-corrected chi connectivity index (χ3v) is 4.43. The Labute approximate surface area is 138 Å². The fourth-order valence-corrected chi connectivity index (χ4v) is 2.83. The summed E-state index contributed by atoms with van der Waals surface area (Å²) < 4.78 is 10.1. The maximum absolute atomic E-state index is 11.6. The SMILES string of the molecule is CCCCCCOC(=O)/C=C/C(=O)OCC1CCCCC1Cl. The number of unbranched alkanes of at least 4 members (excludes halogenated alkanes) is 3. The smallest absolute Gasteiger partial charge is 0.331 e. The van der Waals surface area contributed by atoms with Crippen LogP contribution in [0.15, 0.2) is 12.2 Å². The van der Waals surface area contributed by atoms with Gasteiger partial charge in [0.2, 0.25) is 0 Å². The van der Waals surface area contributed by atoms with Gasteiger partial charge in [0, 0.05) is 23.4 Å². The van der Waals surface area contributed by atoms with Crippen molar-refractivity contribution in [1.29, 1.82) is 0 Å². The van der Waals surface area contributed by atoms with Gasteiger partial charge in [0.05, 0.1) is 13.2 Å². The largest absolute Gasteiger partial charge is 0.463 e. The fourth-order valence-electron chi connectivity index (χ4n) is 2.47. The highest BCUT2D eigenvalue weighted by Gasteiger charge is 2.24. The fraction of sp³-hybridized carbons (Fsp3) is 0.765. The molecule has 0 N–H and O–H groups in total. The maximum atomic E-state index is 11.6. The van der Waals surface area contributed by atoms with Crippen LogP contribution in [-0.2, 0) is 19.1 Å². The van der Waals surface area contributed by atoms with Crippen LogP contribution in [0.1, 0.15) is 58.3 Å². The van der Waals surface area contributed by atoms with Gasteiger partial charge in [-0.05, 0) is 19.3 Å². The van der Waals surface area contributed by atoms with Crippen LogP contribution < -0.4 is 0 Å². The Balaban J connectivity index is 2.13. The van der Waals surface area contributed by atoms with Gasteiger partial charge in [-0.1, -0.05) is 39.0 Å². The second kappa shape index (κ2) is 11.5. The van der Waals surface area contributed by atoms with Gasteiger partial charge in [-0.15, -0.1) is 11.6 Å². The molecule has 5 heteroatoms. The number of ether oxygens (including phenoxy) is 2. The number of halogens is 1. The molecule has 0 saturated heterocycles. The Morgan fingerprint density at radius 1 is 1.05 bits per heavy atom. The molecule has 1 rings (SSSR count). The van der Waals surface area contributed by atoms with E-state index in [9.17, 15) is 9.59 Å². The van der Waals surface area contributed by atoms with Crippen molar-refractivity contribution in [2.75, 3.05) is 13.2 Å². The molecule has 1 fully saturated rings. The predicted octanol–water partition coefficient (Wildman–Crippen LogP) is 4.01. The normalized spacial score (nSPS) is 21.7. The Bertz CT molecular complexity index is 368. The minimum Gasteiger partial charge on any atom is -0.463 e. The zero-order valence-electron chi connectivity index (χ0n) is 13.4.